The predicted octanol–water partition coefficient (Wildman–Crippen LogP) is 17.7. The highest BCUT2D eigenvalue weighted by Crippen LogP contribution is 2.47. The highest BCUT2D eigenvalue weighted by molar-refractivity contribution is 7.25. The Morgan fingerprint density at radius 2 is 0.726 bits per heavy atom. The van der Waals surface area contributed by atoms with Crippen LogP contribution >= 0.6 is 11.3 Å². The Morgan fingerprint density at radius 3 is 1.35 bits per heavy atom. The van der Waals surface area contributed by atoms with Gasteiger partial charge in [-0.25, -0.2) is 0 Å². The molecule has 0 saturated carbocycles. The van der Waals surface area contributed by atoms with Gasteiger partial charge in [-0.05, 0) is 132 Å². The summed E-state index contributed by atoms with van der Waals surface area (Å²) in [5, 5.41) is 10.2. The fraction of sp³-hybridized carbons (Fsp3) is 0. The summed E-state index contributed by atoms with van der Waals surface area (Å²) >= 11 is 1.86. The summed E-state index contributed by atoms with van der Waals surface area (Å²) in [6.45, 7) is 0. The fourth-order valence-electron chi connectivity index (χ4n) is 9.46. The Bertz CT molecular complexity index is 3530. The van der Waals surface area contributed by atoms with E-state index in [1.165, 1.54) is 85.9 Å². The van der Waals surface area contributed by atoms with Crippen LogP contribution in [0.2, 0.25) is 0 Å². The number of fused-ring (bicyclic) bond motifs is 9. The van der Waals surface area contributed by atoms with Gasteiger partial charge in [0.2, 0.25) is 0 Å². The van der Waals surface area contributed by atoms with Gasteiger partial charge >= 0.3 is 0 Å². The zero-order valence-corrected chi connectivity index (χ0v) is 34.7. The quantitative estimate of drug-likeness (QED) is 0.145. The third kappa shape index (κ3) is 6.24. The van der Waals surface area contributed by atoms with Crippen molar-refractivity contribution < 1.29 is 0 Å². The first-order valence-corrected chi connectivity index (χ1v) is 22.1. The third-order valence-corrected chi connectivity index (χ3v) is 13.6. The van der Waals surface area contributed by atoms with Crippen molar-refractivity contribution in [2.24, 2.45) is 0 Å². The Kier molecular flexibility index (Phi) is 8.76. The summed E-state index contributed by atoms with van der Waals surface area (Å²) in [5.74, 6) is 0. The molecule has 0 N–H and O–H groups in total. The van der Waals surface area contributed by atoms with Crippen LogP contribution in [-0.4, -0.2) is 0 Å². The Hall–Kier alpha value is -7.78. The van der Waals surface area contributed by atoms with Crippen LogP contribution in [0.4, 0.5) is 17.1 Å². The van der Waals surface area contributed by atoms with Crippen LogP contribution in [0.25, 0.3) is 97.0 Å². The summed E-state index contributed by atoms with van der Waals surface area (Å²) < 4.78 is 2.63. The zero-order chi connectivity index (χ0) is 41.0. The Balaban J connectivity index is 1.14. The van der Waals surface area contributed by atoms with Crippen molar-refractivity contribution in [3.63, 3.8) is 0 Å². The number of benzene rings is 11. The third-order valence-electron chi connectivity index (χ3n) is 12.4. The molecule has 2 heteroatoms. The molecular formula is C60H39NS. The number of hydrogen-bond donors (Lipinski definition) is 0. The molecule has 1 aromatic heterocycles. The smallest absolute Gasteiger partial charge is 0.0540 e. The zero-order valence-electron chi connectivity index (χ0n) is 33.9. The van der Waals surface area contributed by atoms with Gasteiger partial charge in [0.25, 0.3) is 0 Å². The largest absolute Gasteiger partial charge is 0.310 e. The van der Waals surface area contributed by atoms with Crippen molar-refractivity contribution in [1.82, 2.24) is 0 Å². The van der Waals surface area contributed by atoms with Gasteiger partial charge in [-0.1, -0.05) is 176 Å². The van der Waals surface area contributed by atoms with Crippen LogP contribution in [-0.2, 0) is 0 Å². The van der Waals surface area contributed by atoms with E-state index >= 15 is 0 Å². The summed E-state index contributed by atoms with van der Waals surface area (Å²) in [4.78, 5) is 2.49. The summed E-state index contributed by atoms with van der Waals surface area (Å²) in [6.07, 6.45) is 0. The molecule has 0 fully saturated rings. The summed E-state index contributed by atoms with van der Waals surface area (Å²) in [5.41, 5.74) is 12.7. The normalized spacial score (nSPS) is 11.5. The molecule has 12 aromatic rings. The Labute approximate surface area is 365 Å². The van der Waals surface area contributed by atoms with Crippen molar-refractivity contribution >= 4 is 80.9 Å². The molecule has 290 valence electrons. The Morgan fingerprint density at radius 1 is 0.242 bits per heavy atom. The maximum absolute atomic E-state index is 2.49. The van der Waals surface area contributed by atoms with E-state index in [0.717, 1.165) is 28.2 Å². The first kappa shape index (κ1) is 36.1. The fourth-order valence-corrected chi connectivity index (χ4v) is 10.5. The standard InChI is InChI=1S/C60H39NS/c1-4-16-40(17-5-1)45-34-46(41-18-6-2-7-19-41)36-48(35-45)61(47-30-31-53-51-24-11-10-22-49(51)50-23-12-13-25-52(50)56(53)39-47)58-32-28-43(37-55(58)42-20-8-3-9-21-42)44-29-33-60-57(38-44)54-26-14-15-27-59(54)62-60/h1-39H. The number of anilines is 3. The molecule has 1 heterocycles. The predicted molar refractivity (Wildman–Crippen MR) is 268 cm³/mol. The lowest BCUT2D eigenvalue weighted by Gasteiger charge is -2.30. The van der Waals surface area contributed by atoms with Gasteiger partial charge in [-0.3, -0.25) is 0 Å². The molecule has 0 spiro atoms. The van der Waals surface area contributed by atoms with Gasteiger partial charge < -0.3 is 4.90 Å². The number of hydrogen-bond acceptors (Lipinski definition) is 2. The molecular weight excluding hydrogens is 767 g/mol. The van der Waals surface area contributed by atoms with Crippen molar-refractivity contribution in [3.05, 3.63) is 237 Å². The lowest BCUT2D eigenvalue weighted by molar-refractivity contribution is 1.29. The van der Waals surface area contributed by atoms with E-state index in [4.69, 9.17) is 0 Å². The van der Waals surface area contributed by atoms with Crippen LogP contribution in [0.15, 0.2) is 237 Å². The average molecular weight is 806 g/mol. The monoisotopic (exact) mass is 805 g/mol. The SMILES string of the molecule is c1ccc(-c2cc(-c3ccccc3)cc(N(c3ccc4c5ccccc5c5ccccc5c4c3)c3ccc(-c4ccc5sc6ccccc6c5c4)cc3-c3ccccc3)c2)cc1. The van der Waals surface area contributed by atoms with Crippen LogP contribution in [0, 0.1) is 0 Å². The molecule has 0 unspecified atom stereocenters. The average Bonchev–Trinajstić information content (AvgIpc) is 3.73. The lowest BCUT2D eigenvalue weighted by Crippen LogP contribution is -2.12. The molecule has 0 amide bonds. The van der Waals surface area contributed by atoms with E-state index in [1.807, 2.05) is 11.3 Å². The van der Waals surface area contributed by atoms with E-state index in [-0.39, 0.29) is 0 Å². The molecule has 62 heavy (non-hydrogen) atoms. The van der Waals surface area contributed by atoms with Crippen LogP contribution in [0.3, 0.4) is 0 Å². The molecule has 11 aromatic carbocycles. The van der Waals surface area contributed by atoms with Crippen LogP contribution < -0.4 is 4.90 Å². The topological polar surface area (TPSA) is 3.24 Å². The molecule has 0 aliphatic carbocycles. The maximum Gasteiger partial charge on any atom is 0.0540 e. The molecule has 1 nitrogen and oxygen atoms in total. The van der Waals surface area contributed by atoms with Crippen molar-refractivity contribution in [3.8, 4) is 44.5 Å². The maximum atomic E-state index is 2.49. The van der Waals surface area contributed by atoms with Gasteiger partial charge in [-0.2, -0.15) is 0 Å². The van der Waals surface area contributed by atoms with Gasteiger partial charge in [0.1, 0.15) is 0 Å². The molecule has 0 radical (unpaired) electrons. The second-order valence-electron chi connectivity index (χ2n) is 16.1. The van der Waals surface area contributed by atoms with E-state index in [9.17, 15) is 0 Å². The molecule has 0 bridgehead atoms. The van der Waals surface area contributed by atoms with E-state index in [0.29, 0.717) is 0 Å². The van der Waals surface area contributed by atoms with E-state index in [2.05, 4.69) is 241 Å². The van der Waals surface area contributed by atoms with Crippen molar-refractivity contribution in [2.75, 3.05) is 4.90 Å². The number of nitrogens with zero attached hydrogens (tertiary/aromatic N) is 1. The van der Waals surface area contributed by atoms with Gasteiger partial charge in [0.15, 0.2) is 0 Å². The first-order chi connectivity index (χ1) is 30.7. The second kappa shape index (κ2) is 15.0. The molecule has 0 aliphatic heterocycles. The minimum atomic E-state index is 1.09. The number of rotatable bonds is 7. The van der Waals surface area contributed by atoms with E-state index < -0.39 is 0 Å². The summed E-state index contributed by atoms with van der Waals surface area (Å²) in [6, 6.07) is 87.0. The molecule has 0 atom stereocenters. The van der Waals surface area contributed by atoms with Crippen LogP contribution in [0.1, 0.15) is 0 Å². The minimum absolute atomic E-state index is 1.09. The van der Waals surface area contributed by atoms with Gasteiger partial charge in [0, 0.05) is 37.1 Å². The lowest BCUT2D eigenvalue weighted by atomic mass is 9.92. The molecule has 12 rings (SSSR count). The highest BCUT2D eigenvalue weighted by Gasteiger charge is 2.22. The second-order valence-corrected chi connectivity index (χ2v) is 17.1. The number of thiophene rings is 1. The first-order valence-electron chi connectivity index (χ1n) is 21.2. The summed E-state index contributed by atoms with van der Waals surface area (Å²) in [7, 11) is 0. The highest BCUT2D eigenvalue weighted by atomic mass is 32.1. The molecule has 0 aliphatic rings. The minimum Gasteiger partial charge on any atom is -0.310 e. The van der Waals surface area contributed by atoms with Crippen molar-refractivity contribution in [1.29, 1.82) is 0 Å². The van der Waals surface area contributed by atoms with E-state index in [1.54, 1.807) is 0 Å². The van der Waals surface area contributed by atoms with Gasteiger partial charge in [-0.15, -0.1) is 11.3 Å². The molecule has 0 saturated heterocycles. The van der Waals surface area contributed by atoms with Crippen molar-refractivity contribution in [2.45, 2.75) is 0 Å². The van der Waals surface area contributed by atoms with Gasteiger partial charge in [0.05, 0.1) is 5.69 Å². The van der Waals surface area contributed by atoms with Crippen LogP contribution in [0.5, 0.6) is 0 Å².